The molecule has 0 radical (unpaired) electrons. The molecule has 0 bridgehead atoms. The molecule has 1 aromatic carbocycles. The largest absolute Gasteiger partial charge is 0.454 e. The molecule has 2 aliphatic rings. The minimum atomic E-state index is 0.296. The van der Waals surface area contributed by atoms with E-state index in [0.29, 0.717) is 6.79 Å². The molecule has 2 aliphatic heterocycles. The zero-order chi connectivity index (χ0) is 15.4. The summed E-state index contributed by atoms with van der Waals surface area (Å²) in [5.41, 5.74) is 3.43. The third-order valence-electron chi connectivity index (χ3n) is 3.70. The molecule has 0 atom stereocenters. The molecular weight excluding hydrogens is 300 g/mol. The molecule has 0 saturated heterocycles. The molecule has 2 N–H and O–H groups in total. The minimum Gasteiger partial charge on any atom is -0.454 e. The number of fused-ring (bicyclic) bond motifs is 2. The Labute approximate surface area is 135 Å². The second-order valence-corrected chi connectivity index (χ2v) is 5.67. The van der Waals surface area contributed by atoms with Crippen LogP contribution in [0.25, 0.3) is 5.70 Å². The number of hydrogen-bond acceptors (Lipinski definition) is 5. The van der Waals surface area contributed by atoms with Crippen molar-refractivity contribution in [3.8, 4) is 11.5 Å². The molecule has 6 heteroatoms. The zero-order valence-corrected chi connectivity index (χ0v) is 13.4. The van der Waals surface area contributed by atoms with E-state index in [2.05, 4.69) is 16.7 Å². The fraction of sp³-hybridized carbons (Fsp3) is 0.438. The predicted octanol–water partition coefficient (Wildman–Crippen LogP) is 1.86. The Hall–Kier alpha value is -1.79. The first kappa shape index (κ1) is 15.1. The van der Waals surface area contributed by atoms with Crippen molar-refractivity contribution in [2.45, 2.75) is 12.8 Å². The molecule has 3 rings (SSSR count). The van der Waals surface area contributed by atoms with E-state index in [-0.39, 0.29) is 0 Å². The number of ether oxygens (including phenoxy) is 3. The fourth-order valence-corrected chi connectivity index (χ4v) is 2.83. The maximum absolute atomic E-state index is 5.47. The third-order valence-corrected chi connectivity index (χ3v) is 3.96. The van der Waals surface area contributed by atoms with Gasteiger partial charge in [0.25, 0.3) is 0 Å². The number of thiocarbonyl (C=S) groups is 1. The first-order valence-electron chi connectivity index (χ1n) is 7.43. The Morgan fingerprint density at radius 1 is 1.41 bits per heavy atom. The summed E-state index contributed by atoms with van der Waals surface area (Å²) in [6, 6.07) is 4.10. The second kappa shape index (κ2) is 6.98. The highest BCUT2D eigenvalue weighted by Gasteiger charge is 2.21. The number of rotatable bonds is 5. The molecule has 0 aliphatic carbocycles. The van der Waals surface area contributed by atoms with Crippen LogP contribution in [0.5, 0.6) is 11.5 Å². The fourth-order valence-electron chi connectivity index (χ4n) is 2.61. The highest BCUT2D eigenvalue weighted by Crippen LogP contribution is 2.37. The standard InChI is InChI=1S/C16H20N2O3S/c1-19-6-2-4-18-16(22)9-13-12-8-15-14(20-10-21-15)7-11(12)3-5-17-13/h7-9,17H,2-6,10H2,1H3,(H,18,22). The van der Waals surface area contributed by atoms with Crippen LogP contribution in [-0.2, 0) is 11.2 Å². The van der Waals surface area contributed by atoms with Crippen molar-refractivity contribution in [1.82, 2.24) is 10.6 Å². The van der Waals surface area contributed by atoms with E-state index < -0.39 is 0 Å². The van der Waals surface area contributed by atoms with E-state index in [9.17, 15) is 0 Å². The van der Waals surface area contributed by atoms with E-state index in [1.54, 1.807) is 7.11 Å². The smallest absolute Gasteiger partial charge is 0.231 e. The van der Waals surface area contributed by atoms with Crippen LogP contribution < -0.4 is 20.1 Å². The third kappa shape index (κ3) is 3.34. The second-order valence-electron chi connectivity index (χ2n) is 5.23. The van der Waals surface area contributed by atoms with E-state index in [1.165, 1.54) is 5.56 Å². The predicted molar refractivity (Wildman–Crippen MR) is 89.3 cm³/mol. The molecule has 0 saturated carbocycles. The van der Waals surface area contributed by atoms with Crippen LogP contribution in [0.1, 0.15) is 17.5 Å². The molecule has 0 unspecified atom stereocenters. The molecule has 0 amide bonds. The van der Waals surface area contributed by atoms with Gasteiger partial charge in [-0.25, -0.2) is 0 Å². The molecule has 0 aromatic heterocycles. The van der Waals surface area contributed by atoms with Gasteiger partial charge in [0.05, 0.1) is 0 Å². The van der Waals surface area contributed by atoms with Gasteiger partial charge in [0.15, 0.2) is 11.5 Å². The number of methoxy groups -OCH3 is 1. The SMILES string of the molecule is COCCCNC(=S)C=C1NCCc2cc3c(cc21)OCO3. The van der Waals surface area contributed by atoms with Crippen molar-refractivity contribution < 1.29 is 14.2 Å². The first-order chi connectivity index (χ1) is 10.8. The molecule has 0 spiro atoms. The van der Waals surface area contributed by atoms with Crippen molar-refractivity contribution in [1.29, 1.82) is 0 Å². The van der Waals surface area contributed by atoms with Gasteiger partial charge in [-0.15, -0.1) is 0 Å². The summed E-state index contributed by atoms with van der Waals surface area (Å²) >= 11 is 5.39. The van der Waals surface area contributed by atoms with Gasteiger partial charge in [0, 0.05) is 38.1 Å². The molecular formula is C16H20N2O3S. The van der Waals surface area contributed by atoms with Gasteiger partial charge in [-0.3, -0.25) is 0 Å². The molecule has 0 fully saturated rings. The topological polar surface area (TPSA) is 51.8 Å². The normalized spacial score (nSPS) is 17.0. The van der Waals surface area contributed by atoms with E-state index >= 15 is 0 Å². The van der Waals surface area contributed by atoms with Crippen molar-refractivity contribution in [3.05, 3.63) is 29.3 Å². The Kier molecular flexibility index (Phi) is 4.80. The lowest BCUT2D eigenvalue weighted by atomic mass is 9.97. The van der Waals surface area contributed by atoms with Crippen LogP contribution in [0.3, 0.4) is 0 Å². The van der Waals surface area contributed by atoms with Crippen LogP contribution in [0.2, 0.25) is 0 Å². The van der Waals surface area contributed by atoms with Crippen LogP contribution in [0.15, 0.2) is 18.2 Å². The van der Waals surface area contributed by atoms with Crippen LogP contribution in [-0.4, -0.2) is 38.6 Å². The summed E-state index contributed by atoms with van der Waals surface area (Å²) in [4.78, 5) is 0.726. The highest BCUT2D eigenvalue weighted by atomic mass is 32.1. The summed E-state index contributed by atoms with van der Waals surface area (Å²) < 4.78 is 15.9. The summed E-state index contributed by atoms with van der Waals surface area (Å²) in [6.07, 6.45) is 3.88. The Balaban J connectivity index is 1.73. The van der Waals surface area contributed by atoms with Crippen LogP contribution in [0, 0.1) is 0 Å². The van der Waals surface area contributed by atoms with Crippen molar-refractivity contribution in [2.75, 3.05) is 33.6 Å². The summed E-state index contributed by atoms with van der Waals surface area (Å²) in [6.45, 7) is 2.73. The quantitative estimate of drug-likeness (QED) is 0.491. The van der Waals surface area contributed by atoms with E-state index in [4.69, 9.17) is 26.4 Å². The highest BCUT2D eigenvalue weighted by molar-refractivity contribution is 7.80. The van der Waals surface area contributed by atoms with Crippen molar-refractivity contribution in [3.63, 3.8) is 0 Å². The Morgan fingerprint density at radius 2 is 2.23 bits per heavy atom. The average Bonchev–Trinajstić information content (AvgIpc) is 2.97. The van der Waals surface area contributed by atoms with Gasteiger partial charge in [0.2, 0.25) is 6.79 Å². The number of nitrogens with one attached hydrogen (secondary N) is 2. The van der Waals surface area contributed by atoms with Crippen LogP contribution in [0.4, 0.5) is 0 Å². The maximum Gasteiger partial charge on any atom is 0.231 e. The Morgan fingerprint density at radius 3 is 3.05 bits per heavy atom. The Bertz CT molecular complexity index is 601. The van der Waals surface area contributed by atoms with E-state index in [1.807, 2.05) is 12.1 Å². The van der Waals surface area contributed by atoms with Crippen molar-refractivity contribution >= 4 is 22.9 Å². The lowest BCUT2D eigenvalue weighted by Crippen LogP contribution is -2.26. The first-order valence-corrected chi connectivity index (χ1v) is 7.84. The van der Waals surface area contributed by atoms with Gasteiger partial charge in [-0.2, -0.15) is 0 Å². The molecule has 5 nitrogen and oxygen atoms in total. The van der Waals surface area contributed by atoms with Gasteiger partial charge in [0.1, 0.15) is 4.99 Å². The zero-order valence-electron chi connectivity index (χ0n) is 12.6. The maximum atomic E-state index is 5.47. The van der Waals surface area contributed by atoms with Gasteiger partial charge < -0.3 is 24.8 Å². The average molecular weight is 320 g/mol. The van der Waals surface area contributed by atoms with Crippen LogP contribution >= 0.6 is 12.2 Å². The minimum absolute atomic E-state index is 0.296. The van der Waals surface area contributed by atoms with E-state index in [0.717, 1.165) is 60.3 Å². The lowest BCUT2D eigenvalue weighted by molar-refractivity contribution is 0.174. The van der Waals surface area contributed by atoms with Gasteiger partial charge in [-0.05, 0) is 36.6 Å². The molecule has 2 heterocycles. The monoisotopic (exact) mass is 320 g/mol. The molecule has 22 heavy (non-hydrogen) atoms. The summed E-state index contributed by atoms with van der Waals surface area (Å²) in [5, 5.41) is 6.64. The summed E-state index contributed by atoms with van der Waals surface area (Å²) in [7, 11) is 1.70. The van der Waals surface area contributed by atoms with Gasteiger partial charge in [-0.1, -0.05) is 12.2 Å². The van der Waals surface area contributed by atoms with Crippen molar-refractivity contribution in [2.24, 2.45) is 0 Å². The lowest BCUT2D eigenvalue weighted by Gasteiger charge is -2.22. The molecule has 1 aromatic rings. The number of benzene rings is 1. The number of hydrogen-bond donors (Lipinski definition) is 2. The molecule has 118 valence electrons. The van der Waals surface area contributed by atoms with Gasteiger partial charge >= 0.3 is 0 Å². The summed E-state index contributed by atoms with van der Waals surface area (Å²) in [5.74, 6) is 1.63.